The second kappa shape index (κ2) is 4.00. The van der Waals surface area contributed by atoms with Gasteiger partial charge in [0.25, 0.3) is 0 Å². The summed E-state index contributed by atoms with van der Waals surface area (Å²) in [4.78, 5) is 10.9. The van der Waals surface area contributed by atoms with Gasteiger partial charge in [0.2, 0.25) is 0 Å². The van der Waals surface area contributed by atoms with E-state index in [9.17, 15) is 13.2 Å². The minimum Gasteiger partial charge on any atom is -0.480 e. The van der Waals surface area contributed by atoms with Crippen LogP contribution in [0.25, 0.3) is 0 Å². The molecule has 0 amide bonds. The predicted molar refractivity (Wildman–Crippen MR) is 58.9 cm³/mol. The smallest absolute Gasteiger partial charge is 0.321 e. The summed E-state index contributed by atoms with van der Waals surface area (Å²) in [7, 11) is -3.25. The maximum absolute atomic E-state index is 12.0. The lowest BCUT2D eigenvalue weighted by atomic mass is 9.86. The third kappa shape index (κ3) is 2.08. The van der Waals surface area contributed by atoms with Gasteiger partial charge in [0.1, 0.15) is 6.04 Å². The first-order valence-electron chi connectivity index (χ1n) is 5.60. The summed E-state index contributed by atoms with van der Waals surface area (Å²) in [5.41, 5.74) is 0. The van der Waals surface area contributed by atoms with E-state index in [0.29, 0.717) is 12.3 Å². The van der Waals surface area contributed by atoms with Crippen LogP contribution in [-0.4, -0.2) is 42.6 Å². The summed E-state index contributed by atoms with van der Waals surface area (Å²) in [5, 5.41) is 11.5. The number of carbonyl (C=O) groups is 1. The molecule has 1 saturated carbocycles. The molecule has 0 aromatic carbocycles. The van der Waals surface area contributed by atoms with Crippen molar-refractivity contribution in [3.63, 3.8) is 0 Å². The Morgan fingerprint density at radius 1 is 1.38 bits per heavy atom. The summed E-state index contributed by atoms with van der Waals surface area (Å²) < 4.78 is 23.9. The molecule has 16 heavy (non-hydrogen) atoms. The van der Waals surface area contributed by atoms with Crippen LogP contribution in [0.2, 0.25) is 0 Å². The van der Waals surface area contributed by atoms with Crippen molar-refractivity contribution >= 4 is 15.8 Å². The number of carboxylic acid groups (broad SMARTS) is 1. The second-order valence-corrected chi connectivity index (χ2v) is 7.21. The van der Waals surface area contributed by atoms with E-state index >= 15 is 0 Å². The number of aliphatic carboxylic acids is 1. The van der Waals surface area contributed by atoms with Gasteiger partial charge in [-0.25, -0.2) is 8.42 Å². The summed E-state index contributed by atoms with van der Waals surface area (Å²) in [6.07, 6.45) is 2.39. The third-order valence-corrected chi connectivity index (χ3v) is 5.87. The molecule has 6 heteroatoms. The molecule has 92 valence electrons. The molecule has 2 fully saturated rings. The van der Waals surface area contributed by atoms with Crippen molar-refractivity contribution in [1.29, 1.82) is 0 Å². The van der Waals surface area contributed by atoms with Crippen molar-refractivity contribution in [2.24, 2.45) is 5.92 Å². The Labute approximate surface area is 95.1 Å². The van der Waals surface area contributed by atoms with Crippen molar-refractivity contribution in [2.45, 2.75) is 43.5 Å². The molecule has 1 saturated heterocycles. The van der Waals surface area contributed by atoms with E-state index in [1.807, 2.05) is 0 Å². The van der Waals surface area contributed by atoms with E-state index in [1.165, 1.54) is 0 Å². The number of hydrogen-bond donors (Lipinski definition) is 2. The molecule has 4 atom stereocenters. The van der Waals surface area contributed by atoms with Gasteiger partial charge in [-0.1, -0.05) is 6.92 Å². The van der Waals surface area contributed by atoms with Gasteiger partial charge in [-0.05, 0) is 25.2 Å². The molecule has 0 spiro atoms. The first-order chi connectivity index (χ1) is 7.40. The number of hydrogen-bond acceptors (Lipinski definition) is 4. The normalized spacial score (nSPS) is 42.3. The molecule has 2 aliphatic rings. The molecular weight excluding hydrogens is 230 g/mol. The highest BCUT2D eigenvalue weighted by molar-refractivity contribution is 7.92. The highest BCUT2D eigenvalue weighted by atomic mass is 32.2. The lowest BCUT2D eigenvalue weighted by Crippen LogP contribution is -2.61. The van der Waals surface area contributed by atoms with Crippen molar-refractivity contribution in [1.82, 2.24) is 5.32 Å². The molecule has 2 N–H and O–H groups in total. The number of nitrogens with one attached hydrogen (secondary N) is 1. The second-order valence-electron chi connectivity index (χ2n) is 4.95. The average molecular weight is 247 g/mol. The van der Waals surface area contributed by atoms with Crippen LogP contribution in [0.5, 0.6) is 0 Å². The van der Waals surface area contributed by atoms with E-state index in [-0.39, 0.29) is 17.0 Å². The SMILES string of the molecule is CC1CCC2NC(C(=O)O)CS(=O)(=O)C2C1. The molecule has 1 aliphatic heterocycles. The molecule has 1 aliphatic carbocycles. The van der Waals surface area contributed by atoms with Gasteiger partial charge in [0.15, 0.2) is 9.84 Å². The molecule has 0 bridgehead atoms. The Morgan fingerprint density at radius 3 is 2.69 bits per heavy atom. The summed E-state index contributed by atoms with van der Waals surface area (Å²) in [6, 6.07) is -1.10. The van der Waals surface area contributed by atoms with Crippen LogP contribution in [0, 0.1) is 5.92 Å². The standard InChI is InChI=1S/C10H17NO4S/c1-6-2-3-7-9(4-6)16(14,15)5-8(11-7)10(12)13/h6-9,11H,2-5H2,1H3,(H,12,13). The minimum absolute atomic E-state index is 0.170. The van der Waals surface area contributed by atoms with Crippen molar-refractivity contribution in [3.05, 3.63) is 0 Å². The van der Waals surface area contributed by atoms with E-state index < -0.39 is 21.8 Å². The monoisotopic (exact) mass is 247 g/mol. The maximum Gasteiger partial charge on any atom is 0.321 e. The van der Waals surface area contributed by atoms with Crippen LogP contribution < -0.4 is 5.32 Å². The first kappa shape index (κ1) is 11.9. The molecule has 2 rings (SSSR count). The van der Waals surface area contributed by atoms with Crippen LogP contribution in [-0.2, 0) is 14.6 Å². The molecule has 0 aromatic heterocycles. The van der Waals surface area contributed by atoms with Gasteiger partial charge in [0.05, 0.1) is 11.0 Å². The Morgan fingerprint density at radius 2 is 2.06 bits per heavy atom. The zero-order valence-corrected chi connectivity index (χ0v) is 10.0. The van der Waals surface area contributed by atoms with E-state index in [1.54, 1.807) is 0 Å². The largest absolute Gasteiger partial charge is 0.480 e. The number of sulfone groups is 1. The quantitative estimate of drug-likeness (QED) is 0.682. The van der Waals surface area contributed by atoms with Crippen LogP contribution in [0.1, 0.15) is 26.2 Å². The van der Waals surface area contributed by atoms with Crippen LogP contribution in [0.15, 0.2) is 0 Å². The van der Waals surface area contributed by atoms with E-state index in [2.05, 4.69) is 12.2 Å². The molecule has 4 unspecified atom stereocenters. The van der Waals surface area contributed by atoms with Crippen LogP contribution >= 0.6 is 0 Å². The first-order valence-corrected chi connectivity index (χ1v) is 7.32. The highest BCUT2D eigenvalue weighted by Crippen LogP contribution is 2.32. The van der Waals surface area contributed by atoms with Gasteiger partial charge >= 0.3 is 5.97 Å². The zero-order chi connectivity index (χ0) is 11.9. The number of fused-ring (bicyclic) bond motifs is 1. The fraction of sp³-hybridized carbons (Fsp3) is 0.900. The predicted octanol–water partition coefficient (Wildman–Crippen LogP) is 0.0148. The fourth-order valence-corrected chi connectivity index (χ4v) is 5.01. The van der Waals surface area contributed by atoms with Crippen molar-refractivity contribution < 1.29 is 18.3 Å². The molecule has 0 aromatic rings. The third-order valence-electron chi connectivity index (χ3n) is 3.63. The Balaban J connectivity index is 2.22. The Hall–Kier alpha value is -0.620. The van der Waals surface area contributed by atoms with Gasteiger partial charge in [0, 0.05) is 6.04 Å². The van der Waals surface area contributed by atoms with Gasteiger partial charge in [-0.15, -0.1) is 0 Å². The molecular formula is C10H17NO4S. The lowest BCUT2D eigenvalue weighted by Gasteiger charge is -2.40. The Bertz CT molecular complexity index is 392. The Kier molecular flexibility index (Phi) is 2.96. The van der Waals surface area contributed by atoms with Gasteiger partial charge < -0.3 is 5.11 Å². The van der Waals surface area contributed by atoms with Gasteiger partial charge in [-0.2, -0.15) is 0 Å². The summed E-state index contributed by atoms with van der Waals surface area (Å²) >= 11 is 0. The molecule has 0 radical (unpaired) electrons. The molecule has 5 nitrogen and oxygen atoms in total. The van der Waals surface area contributed by atoms with Crippen molar-refractivity contribution in [2.75, 3.05) is 5.75 Å². The molecule has 1 heterocycles. The summed E-state index contributed by atoms with van der Waals surface area (Å²) in [6.45, 7) is 2.05. The van der Waals surface area contributed by atoms with E-state index in [4.69, 9.17) is 5.11 Å². The minimum atomic E-state index is -3.25. The van der Waals surface area contributed by atoms with Crippen LogP contribution in [0.4, 0.5) is 0 Å². The lowest BCUT2D eigenvalue weighted by molar-refractivity contribution is -0.139. The summed E-state index contributed by atoms with van der Waals surface area (Å²) in [5.74, 6) is -0.921. The maximum atomic E-state index is 12.0. The number of rotatable bonds is 1. The fourth-order valence-electron chi connectivity index (χ4n) is 2.72. The van der Waals surface area contributed by atoms with Crippen molar-refractivity contribution in [3.8, 4) is 0 Å². The topological polar surface area (TPSA) is 83.5 Å². The van der Waals surface area contributed by atoms with Crippen LogP contribution in [0.3, 0.4) is 0 Å². The average Bonchev–Trinajstić information content (AvgIpc) is 2.18. The highest BCUT2D eigenvalue weighted by Gasteiger charge is 2.45. The van der Waals surface area contributed by atoms with E-state index in [0.717, 1.165) is 12.8 Å². The van der Waals surface area contributed by atoms with Gasteiger partial charge in [-0.3, -0.25) is 10.1 Å². The number of carboxylic acids is 1. The zero-order valence-electron chi connectivity index (χ0n) is 9.22.